The highest BCUT2D eigenvalue weighted by atomic mass is 35.5. The van der Waals surface area contributed by atoms with Crippen LogP contribution in [0.3, 0.4) is 0 Å². The number of nitrogens with two attached hydrogens (primary N) is 1. The van der Waals surface area contributed by atoms with Gasteiger partial charge in [0, 0.05) is 11.4 Å². The van der Waals surface area contributed by atoms with Gasteiger partial charge in [0.1, 0.15) is 0 Å². The summed E-state index contributed by atoms with van der Waals surface area (Å²) < 4.78 is 0. The summed E-state index contributed by atoms with van der Waals surface area (Å²) in [4.78, 5) is 23.3. The molecule has 1 aromatic carbocycles. The number of anilines is 2. The fraction of sp³-hybridized carbons (Fsp3) is 0.429. The molecular formula is C14H20ClN3O2. The van der Waals surface area contributed by atoms with Gasteiger partial charge in [-0.3, -0.25) is 9.59 Å². The van der Waals surface area contributed by atoms with E-state index in [0.29, 0.717) is 18.5 Å². The molecule has 2 rings (SSSR count). The maximum atomic E-state index is 12.1. The summed E-state index contributed by atoms with van der Waals surface area (Å²) in [5.41, 5.74) is 7.49. The van der Waals surface area contributed by atoms with Crippen LogP contribution in [-0.4, -0.2) is 17.4 Å². The molecule has 110 valence electrons. The van der Waals surface area contributed by atoms with E-state index in [1.807, 2.05) is 13.0 Å². The zero-order valence-corrected chi connectivity index (χ0v) is 12.5. The van der Waals surface area contributed by atoms with Gasteiger partial charge in [-0.05, 0) is 37.1 Å². The van der Waals surface area contributed by atoms with E-state index in [0.717, 1.165) is 17.7 Å². The van der Waals surface area contributed by atoms with Gasteiger partial charge in [-0.25, -0.2) is 0 Å². The van der Waals surface area contributed by atoms with Crippen LogP contribution < -0.4 is 16.4 Å². The van der Waals surface area contributed by atoms with Crippen LogP contribution in [0.25, 0.3) is 0 Å². The molecule has 1 aliphatic heterocycles. The van der Waals surface area contributed by atoms with Crippen LogP contribution in [-0.2, 0) is 16.0 Å². The third-order valence-corrected chi connectivity index (χ3v) is 3.28. The van der Waals surface area contributed by atoms with Crippen LogP contribution in [0, 0.1) is 0 Å². The van der Waals surface area contributed by atoms with Gasteiger partial charge in [-0.1, -0.05) is 13.3 Å². The molecule has 0 spiro atoms. The Morgan fingerprint density at radius 2 is 2.20 bits per heavy atom. The fourth-order valence-corrected chi connectivity index (χ4v) is 2.21. The van der Waals surface area contributed by atoms with E-state index in [1.54, 1.807) is 19.1 Å². The van der Waals surface area contributed by atoms with Gasteiger partial charge in [0.2, 0.25) is 11.8 Å². The minimum Gasteiger partial charge on any atom is -0.326 e. The first kappa shape index (κ1) is 16.5. The lowest BCUT2D eigenvalue weighted by Crippen LogP contribution is -2.48. The molecule has 1 unspecified atom stereocenters. The number of nitrogens with one attached hydrogen (secondary N) is 2. The van der Waals surface area contributed by atoms with Crippen molar-refractivity contribution < 1.29 is 9.59 Å². The molecular weight excluding hydrogens is 278 g/mol. The number of hydrogen-bond acceptors (Lipinski definition) is 3. The molecule has 0 saturated carbocycles. The van der Waals surface area contributed by atoms with Crippen molar-refractivity contribution in [1.82, 2.24) is 0 Å². The number of amides is 2. The molecule has 2 amide bonds. The number of benzene rings is 1. The smallest absolute Gasteiger partial charge is 0.244 e. The predicted octanol–water partition coefficient (Wildman–Crippen LogP) is 2.06. The second-order valence-corrected chi connectivity index (χ2v) is 5.22. The Morgan fingerprint density at radius 3 is 2.85 bits per heavy atom. The van der Waals surface area contributed by atoms with Crippen LogP contribution in [0.2, 0.25) is 0 Å². The van der Waals surface area contributed by atoms with Crippen LogP contribution in [0.1, 0.15) is 32.3 Å². The first-order chi connectivity index (χ1) is 8.92. The zero-order chi connectivity index (χ0) is 14.0. The van der Waals surface area contributed by atoms with Gasteiger partial charge in [-0.2, -0.15) is 0 Å². The molecule has 1 aromatic rings. The number of rotatable bonds is 4. The van der Waals surface area contributed by atoms with Gasteiger partial charge < -0.3 is 16.4 Å². The zero-order valence-electron chi connectivity index (χ0n) is 11.7. The lowest BCUT2D eigenvalue weighted by atomic mass is 9.96. The molecule has 0 saturated heterocycles. The van der Waals surface area contributed by atoms with Crippen molar-refractivity contribution in [3.8, 4) is 0 Å². The van der Waals surface area contributed by atoms with Crippen molar-refractivity contribution in [3.05, 3.63) is 23.8 Å². The maximum Gasteiger partial charge on any atom is 0.244 e. The summed E-state index contributed by atoms with van der Waals surface area (Å²) in [5, 5.41) is 5.56. The average molecular weight is 298 g/mol. The van der Waals surface area contributed by atoms with Crippen molar-refractivity contribution in [2.75, 3.05) is 10.6 Å². The molecule has 20 heavy (non-hydrogen) atoms. The van der Waals surface area contributed by atoms with Crippen molar-refractivity contribution >= 4 is 35.6 Å². The molecule has 5 nitrogen and oxygen atoms in total. The Kier molecular flexibility index (Phi) is 5.14. The highest BCUT2D eigenvalue weighted by Crippen LogP contribution is 2.26. The maximum absolute atomic E-state index is 12.1. The van der Waals surface area contributed by atoms with E-state index >= 15 is 0 Å². The highest BCUT2D eigenvalue weighted by Gasteiger charge is 2.27. The first-order valence-corrected chi connectivity index (χ1v) is 6.45. The van der Waals surface area contributed by atoms with Gasteiger partial charge >= 0.3 is 0 Å². The Balaban J connectivity index is 0.00000200. The molecule has 0 fully saturated rings. The van der Waals surface area contributed by atoms with Gasteiger partial charge in [0.15, 0.2) is 0 Å². The lowest BCUT2D eigenvalue weighted by Gasteiger charge is -2.23. The van der Waals surface area contributed by atoms with E-state index in [4.69, 9.17) is 5.73 Å². The number of fused-ring (bicyclic) bond motifs is 1. The minimum absolute atomic E-state index is 0. The van der Waals surface area contributed by atoms with Crippen LogP contribution in [0.4, 0.5) is 11.4 Å². The molecule has 6 heteroatoms. The summed E-state index contributed by atoms with van der Waals surface area (Å²) >= 11 is 0. The Hall–Kier alpha value is -1.59. The number of halogens is 1. The summed E-state index contributed by atoms with van der Waals surface area (Å²) in [5.74, 6) is -0.222. The standard InChI is InChI=1S/C14H19N3O2.ClH/c1-3-6-14(2,15)13(19)16-10-4-5-11-9(7-10)8-12(18)17-11;/h4-5,7H,3,6,8,15H2,1-2H3,(H,16,19)(H,17,18);1H. The van der Waals surface area contributed by atoms with Gasteiger partial charge in [0.05, 0.1) is 12.0 Å². The van der Waals surface area contributed by atoms with E-state index in [1.165, 1.54) is 0 Å². The van der Waals surface area contributed by atoms with E-state index in [-0.39, 0.29) is 24.2 Å². The minimum atomic E-state index is -0.873. The number of hydrogen-bond donors (Lipinski definition) is 3. The van der Waals surface area contributed by atoms with E-state index in [2.05, 4.69) is 10.6 Å². The van der Waals surface area contributed by atoms with E-state index in [9.17, 15) is 9.59 Å². The van der Waals surface area contributed by atoms with Gasteiger partial charge in [-0.15, -0.1) is 12.4 Å². The molecule has 4 N–H and O–H groups in total. The molecule has 0 bridgehead atoms. The third kappa shape index (κ3) is 3.49. The van der Waals surface area contributed by atoms with Crippen molar-refractivity contribution in [2.24, 2.45) is 5.73 Å². The van der Waals surface area contributed by atoms with Crippen LogP contribution in [0.5, 0.6) is 0 Å². The summed E-state index contributed by atoms with van der Waals surface area (Å²) in [6, 6.07) is 5.38. The fourth-order valence-electron chi connectivity index (χ4n) is 2.21. The molecule has 1 heterocycles. The third-order valence-electron chi connectivity index (χ3n) is 3.28. The Morgan fingerprint density at radius 1 is 1.50 bits per heavy atom. The second-order valence-electron chi connectivity index (χ2n) is 5.22. The summed E-state index contributed by atoms with van der Waals surface area (Å²) in [7, 11) is 0. The largest absolute Gasteiger partial charge is 0.326 e. The molecule has 0 aliphatic carbocycles. The van der Waals surface area contributed by atoms with Crippen molar-refractivity contribution in [1.29, 1.82) is 0 Å². The monoisotopic (exact) mass is 297 g/mol. The van der Waals surface area contributed by atoms with E-state index < -0.39 is 5.54 Å². The summed E-state index contributed by atoms with van der Waals surface area (Å²) in [6.45, 7) is 3.72. The lowest BCUT2D eigenvalue weighted by molar-refractivity contribution is -0.120. The van der Waals surface area contributed by atoms with Crippen LogP contribution in [0.15, 0.2) is 18.2 Å². The number of carbonyl (C=O) groups excluding carboxylic acids is 2. The average Bonchev–Trinajstić information content (AvgIpc) is 2.68. The first-order valence-electron chi connectivity index (χ1n) is 6.45. The van der Waals surface area contributed by atoms with Gasteiger partial charge in [0.25, 0.3) is 0 Å². The van der Waals surface area contributed by atoms with Crippen molar-refractivity contribution in [3.63, 3.8) is 0 Å². The molecule has 1 atom stereocenters. The number of carbonyl (C=O) groups is 2. The predicted molar refractivity (Wildman–Crippen MR) is 82.2 cm³/mol. The Bertz CT molecular complexity index is 529. The quantitative estimate of drug-likeness (QED) is 0.795. The normalized spacial score (nSPS) is 15.7. The topological polar surface area (TPSA) is 84.2 Å². The summed E-state index contributed by atoms with van der Waals surface area (Å²) in [6.07, 6.45) is 1.83. The SMILES string of the molecule is CCCC(C)(N)C(=O)Nc1ccc2c(c1)CC(=O)N2.Cl. The molecule has 1 aliphatic rings. The van der Waals surface area contributed by atoms with Crippen LogP contribution >= 0.6 is 12.4 Å². The molecule has 0 aromatic heterocycles. The highest BCUT2D eigenvalue weighted by molar-refractivity contribution is 6.01. The Labute approximate surface area is 124 Å². The van der Waals surface area contributed by atoms with Crippen molar-refractivity contribution in [2.45, 2.75) is 38.6 Å². The molecule has 0 radical (unpaired) electrons. The second kappa shape index (κ2) is 6.24.